The Balaban J connectivity index is 2.18. The van der Waals surface area contributed by atoms with E-state index in [2.05, 4.69) is 10.6 Å². The minimum Gasteiger partial charge on any atom is -0.480 e. The van der Waals surface area contributed by atoms with Crippen molar-refractivity contribution in [3.8, 4) is 0 Å². The van der Waals surface area contributed by atoms with Crippen LogP contribution in [0.15, 0.2) is 24.3 Å². The molecule has 1 fully saturated rings. The van der Waals surface area contributed by atoms with Gasteiger partial charge in [-0.15, -0.1) is 0 Å². The molecule has 1 saturated heterocycles. The summed E-state index contributed by atoms with van der Waals surface area (Å²) in [5.41, 5.74) is 0.646. The third kappa shape index (κ3) is 7.04. The Kier molecular flexibility index (Phi) is 8.53. The lowest BCUT2D eigenvalue weighted by atomic mass is 10.00. The second-order valence-electron chi connectivity index (χ2n) is 8.30. The molecule has 2 rings (SSSR count). The molecule has 9 heteroatoms. The van der Waals surface area contributed by atoms with Crippen LogP contribution in [0.25, 0.3) is 0 Å². The predicted molar refractivity (Wildman–Crippen MR) is 111 cm³/mol. The number of likely N-dealkylation sites (tertiary alicyclic amines) is 1. The summed E-state index contributed by atoms with van der Waals surface area (Å²) in [6.07, 6.45) is 1.42. The van der Waals surface area contributed by atoms with Crippen molar-refractivity contribution < 1.29 is 28.7 Å². The Bertz CT molecular complexity index is 812. The highest BCUT2D eigenvalue weighted by Gasteiger charge is 2.38. The maximum absolute atomic E-state index is 13.2. The van der Waals surface area contributed by atoms with Crippen LogP contribution in [0.3, 0.4) is 0 Å². The molecule has 3 atom stereocenters. The van der Waals surface area contributed by atoms with E-state index < -0.39 is 47.6 Å². The number of nitrogens with one attached hydrogen (secondary N) is 2. The first-order valence-electron chi connectivity index (χ1n) is 10.4. The van der Waals surface area contributed by atoms with Crippen LogP contribution in [0.1, 0.15) is 45.6 Å². The summed E-state index contributed by atoms with van der Waals surface area (Å²) < 4.78 is 13.2. The first kappa shape index (κ1) is 24.3. The zero-order valence-electron chi connectivity index (χ0n) is 18.1. The molecular formula is C22H30FN3O5. The quantitative estimate of drug-likeness (QED) is 0.543. The predicted octanol–water partition coefficient (Wildman–Crippen LogP) is 1.48. The number of carbonyl (C=O) groups is 4. The summed E-state index contributed by atoms with van der Waals surface area (Å²) in [5, 5.41) is 14.7. The summed E-state index contributed by atoms with van der Waals surface area (Å²) in [6, 6.07) is 2.82. The third-order valence-corrected chi connectivity index (χ3v) is 5.19. The molecule has 1 aliphatic rings. The van der Waals surface area contributed by atoms with Crippen LogP contribution in [0.2, 0.25) is 0 Å². The average Bonchev–Trinajstić information content (AvgIpc) is 3.17. The number of hydrogen-bond acceptors (Lipinski definition) is 4. The van der Waals surface area contributed by atoms with Crippen molar-refractivity contribution in [2.75, 3.05) is 6.54 Å². The number of carbonyl (C=O) groups excluding carboxylic acids is 3. The van der Waals surface area contributed by atoms with Gasteiger partial charge in [0.15, 0.2) is 0 Å². The van der Waals surface area contributed by atoms with Crippen molar-refractivity contribution in [2.24, 2.45) is 5.92 Å². The largest absolute Gasteiger partial charge is 0.480 e. The van der Waals surface area contributed by atoms with Gasteiger partial charge in [0.05, 0.1) is 0 Å². The van der Waals surface area contributed by atoms with Gasteiger partial charge in [0, 0.05) is 19.9 Å². The molecule has 8 nitrogen and oxygen atoms in total. The second kappa shape index (κ2) is 10.9. The lowest BCUT2D eigenvalue weighted by molar-refractivity contribution is -0.149. The zero-order chi connectivity index (χ0) is 23.1. The van der Waals surface area contributed by atoms with Gasteiger partial charge in [-0.3, -0.25) is 14.4 Å². The minimum absolute atomic E-state index is 0.0662. The van der Waals surface area contributed by atoms with E-state index in [-0.39, 0.29) is 12.3 Å². The van der Waals surface area contributed by atoms with Crippen molar-refractivity contribution in [1.29, 1.82) is 0 Å². The number of amides is 3. The molecule has 1 heterocycles. The Morgan fingerprint density at radius 3 is 2.32 bits per heavy atom. The Labute approximate surface area is 181 Å². The van der Waals surface area contributed by atoms with Crippen LogP contribution in [-0.4, -0.2) is 58.4 Å². The molecule has 1 aliphatic heterocycles. The number of aliphatic carboxylic acids is 1. The van der Waals surface area contributed by atoms with Gasteiger partial charge >= 0.3 is 5.97 Å². The zero-order valence-corrected chi connectivity index (χ0v) is 18.1. The molecule has 0 unspecified atom stereocenters. The lowest BCUT2D eigenvalue weighted by Gasteiger charge is -2.29. The smallest absolute Gasteiger partial charge is 0.326 e. The van der Waals surface area contributed by atoms with Crippen molar-refractivity contribution in [1.82, 2.24) is 15.5 Å². The molecule has 0 bridgehead atoms. The molecule has 0 radical (unpaired) electrons. The molecular weight excluding hydrogens is 405 g/mol. The minimum atomic E-state index is -1.06. The molecule has 0 aliphatic carbocycles. The van der Waals surface area contributed by atoms with Crippen molar-refractivity contribution in [3.05, 3.63) is 35.6 Å². The molecule has 3 amide bonds. The molecule has 0 aromatic heterocycles. The number of rotatable bonds is 9. The number of carboxylic acids is 1. The molecule has 1 aromatic rings. The van der Waals surface area contributed by atoms with E-state index in [1.807, 2.05) is 13.8 Å². The van der Waals surface area contributed by atoms with Gasteiger partial charge in [0.25, 0.3) is 0 Å². The van der Waals surface area contributed by atoms with Crippen molar-refractivity contribution in [2.45, 2.75) is 64.6 Å². The lowest BCUT2D eigenvalue weighted by Crippen LogP contribution is -2.56. The summed E-state index contributed by atoms with van der Waals surface area (Å²) >= 11 is 0. The van der Waals surface area contributed by atoms with Gasteiger partial charge in [-0.1, -0.05) is 26.0 Å². The van der Waals surface area contributed by atoms with Crippen LogP contribution in [0.4, 0.5) is 4.39 Å². The number of nitrogens with zero attached hydrogens (tertiary/aromatic N) is 1. The highest BCUT2D eigenvalue weighted by Crippen LogP contribution is 2.20. The summed E-state index contributed by atoms with van der Waals surface area (Å²) in [5.74, 6) is -2.81. The van der Waals surface area contributed by atoms with E-state index in [0.717, 1.165) is 0 Å². The number of benzene rings is 1. The van der Waals surface area contributed by atoms with E-state index in [9.17, 15) is 28.7 Å². The van der Waals surface area contributed by atoms with Gasteiger partial charge < -0.3 is 20.6 Å². The highest BCUT2D eigenvalue weighted by molar-refractivity contribution is 5.93. The SMILES string of the molecule is CC(=O)N[C@@H](Cc1ccc(F)cc1)C(=O)N[C@@H](CC(C)C)C(=O)N1CCC[C@H]1C(=O)O. The van der Waals surface area contributed by atoms with Crippen LogP contribution in [0, 0.1) is 11.7 Å². The summed E-state index contributed by atoms with van der Waals surface area (Å²) in [6.45, 7) is 5.40. The highest BCUT2D eigenvalue weighted by atomic mass is 19.1. The number of carboxylic acid groups (broad SMARTS) is 1. The molecule has 0 saturated carbocycles. The van der Waals surface area contributed by atoms with E-state index in [0.29, 0.717) is 31.4 Å². The first-order valence-corrected chi connectivity index (χ1v) is 10.4. The summed E-state index contributed by atoms with van der Waals surface area (Å²) in [7, 11) is 0. The third-order valence-electron chi connectivity index (χ3n) is 5.19. The Morgan fingerprint density at radius 1 is 1.13 bits per heavy atom. The maximum Gasteiger partial charge on any atom is 0.326 e. The first-order chi connectivity index (χ1) is 14.6. The Hall–Kier alpha value is -2.97. The van der Waals surface area contributed by atoms with Gasteiger partial charge in [-0.25, -0.2) is 9.18 Å². The van der Waals surface area contributed by atoms with Gasteiger partial charge in [0.1, 0.15) is 23.9 Å². The molecule has 31 heavy (non-hydrogen) atoms. The van der Waals surface area contributed by atoms with E-state index in [1.54, 1.807) is 0 Å². The Morgan fingerprint density at radius 2 is 1.77 bits per heavy atom. The molecule has 0 spiro atoms. The van der Waals surface area contributed by atoms with Crippen LogP contribution >= 0.6 is 0 Å². The summed E-state index contributed by atoms with van der Waals surface area (Å²) in [4.78, 5) is 50.5. The van der Waals surface area contributed by atoms with E-state index in [4.69, 9.17) is 0 Å². The monoisotopic (exact) mass is 435 g/mol. The van der Waals surface area contributed by atoms with Crippen LogP contribution in [0.5, 0.6) is 0 Å². The normalized spacial score (nSPS) is 17.8. The molecule has 170 valence electrons. The van der Waals surface area contributed by atoms with Crippen molar-refractivity contribution in [3.63, 3.8) is 0 Å². The molecule has 1 aromatic carbocycles. The number of halogens is 1. The fraction of sp³-hybridized carbons (Fsp3) is 0.545. The second-order valence-corrected chi connectivity index (χ2v) is 8.30. The fourth-order valence-electron chi connectivity index (χ4n) is 3.76. The number of hydrogen-bond donors (Lipinski definition) is 3. The van der Waals surface area contributed by atoms with Gasteiger partial charge in [0.2, 0.25) is 17.7 Å². The average molecular weight is 435 g/mol. The van der Waals surface area contributed by atoms with E-state index in [1.165, 1.54) is 36.1 Å². The fourth-order valence-corrected chi connectivity index (χ4v) is 3.76. The molecule has 3 N–H and O–H groups in total. The van der Waals surface area contributed by atoms with Gasteiger partial charge in [-0.2, -0.15) is 0 Å². The van der Waals surface area contributed by atoms with Crippen LogP contribution in [-0.2, 0) is 25.6 Å². The van der Waals surface area contributed by atoms with Gasteiger partial charge in [-0.05, 0) is 42.9 Å². The van der Waals surface area contributed by atoms with Crippen molar-refractivity contribution >= 4 is 23.7 Å². The van der Waals surface area contributed by atoms with E-state index >= 15 is 0 Å². The van der Waals surface area contributed by atoms with Crippen LogP contribution < -0.4 is 10.6 Å². The topological polar surface area (TPSA) is 116 Å². The maximum atomic E-state index is 13.2. The standard InChI is InChI=1S/C22H30FN3O5/c1-13(2)11-18(21(29)26-10-4-5-19(26)22(30)31)25-20(28)17(24-14(3)27)12-15-6-8-16(23)9-7-15/h6-9,13,17-19H,4-5,10-12H2,1-3H3,(H,24,27)(H,25,28)(H,30,31)/t17-,18-,19-/m0/s1.